The number of carbonyl (C=O) groups is 2. The van der Waals surface area contributed by atoms with E-state index in [1.54, 1.807) is 49.9 Å². The van der Waals surface area contributed by atoms with Crippen molar-refractivity contribution in [2.75, 3.05) is 10.6 Å². The van der Waals surface area contributed by atoms with E-state index in [1.807, 2.05) is 37.3 Å². The number of nitrogens with zero attached hydrogens (tertiary/aromatic N) is 7. The van der Waals surface area contributed by atoms with E-state index < -0.39 is 28.8 Å². The van der Waals surface area contributed by atoms with Crippen molar-refractivity contribution in [2.24, 2.45) is 0 Å². The van der Waals surface area contributed by atoms with E-state index in [4.69, 9.17) is 0 Å². The summed E-state index contributed by atoms with van der Waals surface area (Å²) >= 11 is 0. The van der Waals surface area contributed by atoms with Crippen molar-refractivity contribution in [3.8, 4) is 22.5 Å². The van der Waals surface area contributed by atoms with Gasteiger partial charge in [-0.15, -0.1) is 0 Å². The maximum Gasteiger partial charge on any atom is 0.291 e. The molecule has 0 amide bonds. The molecule has 0 aliphatic heterocycles. The first kappa shape index (κ1) is 39.3. The number of carbonyl (C=O) groups excluding carboxylic acids is 2. The maximum atomic E-state index is 13.6. The summed E-state index contributed by atoms with van der Waals surface area (Å²) in [6, 6.07) is 16.0. The highest BCUT2D eigenvalue weighted by atomic mass is 19.2. The molecule has 0 saturated carbocycles. The summed E-state index contributed by atoms with van der Waals surface area (Å²) < 4.78 is 42.8. The smallest absolute Gasteiger partial charge is 0.291 e. The molecule has 0 spiro atoms. The predicted molar refractivity (Wildman–Crippen MR) is 209 cm³/mol. The van der Waals surface area contributed by atoms with Crippen LogP contribution in [-0.4, -0.2) is 46.1 Å². The minimum Gasteiger partial charge on any atom is -0.350 e. The third kappa shape index (κ3) is 8.19. The van der Waals surface area contributed by atoms with Gasteiger partial charge in [-0.25, -0.2) is 22.5 Å². The van der Waals surface area contributed by atoms with Crippen molar-refractivity contribution in [1.29, 1.82) is 0 Å². The van der Waals surface area contributed by atoms with Crippen molar-refractivity contribution in [3.63, 3.8) is 0 Å². The highest BCUT2D eigenvalue weighted by Gasteiger charge is 2.24. The molecule has 0 bridgehead atoms. The van der Waals surface area contributed by atoms with E-state index in [0.29, 0.717) is 41.2 Å². The first-order valence-corrected chi connectivity index (χ1v) is 17.6. The van der Waals surface area contributed by atoms with Gasteiger partial charge in [0.1, 0.15) is 22.8 Å². The molecule has 288 valence electrons. The number of pyridine rings is 3. The number of anilines is 4. The predicted octanol–water partition coefficient (Wildman–Crippen LogP) is 7.51. The first-order valence-electron chi connectivity index (χ1n) is 17.6. The molecule has 16 heteroatoms. The average Bonchev–Trinajstić information content (AvgIpc) is 3.21. The van der Waals surface area contributed by atoms with Crippen molar-refractivity contribution >= 4 is 45.1 Å². The Morgan fingerprint density at radius 1 is 0.649 bits per heavy atom. The highest BCUT2D eigenvalue weighted by molar-refractivity contribution is 6.07. The number of halogens is 3. The number of nitrogens with one attached hydrogen (secondary N) is 2. The van der Waals surface area contributed by atoms with Crippen molar-refractivity contribution < 1.29 is 22.8 Å². The largest absolute Gasteiger partial charge is 0.350 e. The Bertz CT molecular complexity index is 2730. The molecule has 0 unspecified atom stereocenters. The Morgan fingerprint density at radius 3 is 1.63 bits per heavy atom. The van der Waals surface area contributed by atoms with Crippen LogP contribution in [0.15, 0.2) is 107 Å². The van der Waals surface area contributed by atoms with Crippen LogP contribution >= 0.6 is 0 Å². The summed E-state index contributed by atoms with van der Waals surface area (Å²) in [7, 11) is 0. The van der Waals surface area contributed by atoms with E-state index in [9.17, 15) is 32.3 Å². The number of rotatable bonds is 10. The topological polar surface area (TPSA) is 167 Å². The number of aryl methyl sites for hydroxylation is 2. The van der Waals surface area contributed by atoms with E-state index in [-0.39, 0.29) is 51.8 Å². The van der Waals surface area contributed by atoms with E-state index in [1.165, 1.54) is 30.9 Å². The Balaban J connectivity index is 0.000000193. The first-order chi connectivity index (χ1) is 27.4. The number of ketones is 2. The number of benzene rings is 2. The van der Waals surface area contributed by atoms with Crippen molar-refractivity contribution in [1.82, 2.24) is 34.5 Å². The van der Waals surface area contributed by atoms with E-state index in [2.05, 4.69) is 35.8 Å². The lowest BCUT2D eigenvalue weighted by Gasteiger charge is -2.16. The number of hydrogen-bond acceptors (Lipinski definition) is 11. The fourth-order valence-corrected chi connectivity index (χ4v) is 6.02. The second-order valence-corrected chi connectivity index (χ2v) is 12.4. The third-order valence-electron chi connectivity index (χ3n) is 8.67. The van der Waals surface area contributed by atoms with Crippen LogP contribution in [0.5, 0.6) is 0 Å². The Labute approximate surface area is 322 Å². The van der Waals surface area contributed by atoms with Gasteiger partial charge in [-0.2, -0.15) is 10.2 Å². The SMILES string of the molecule is CCn1nc(-c2cccnc2)c(C(C)=O)c(Nc2cc(F)c(F)c(F)c2)c1=O.CCn1nc(-c2cccnc2)c(C(C)=O)c(Nc2cncc3ccccc23)c1=O. The zero-order valence-corrected chi connectivity index (χ0v) is 31.0. The summed E-state index contributed by atoms with van der Waals surface area (Å²) in [5.41, 5.74) is 1.30. The molecule has 57 heavy (non-hydrogen) atoms. The number of Topliss-reactive ketones (excluding diaryl/α,β-unsaturated/α-hetero) is 2. The van der Waals surface area contributed by atoms with Crippen LogP contribution in [0.25, 0.3) is 33.3 Å². The molecular weight excluding hydrogens is 740 g/mol. The molecule has 13 nitrogen and oxygen atoms in total. The molecule has 0 aliphatic carbocycles. The quantitative estimate of drug-likeness (QED) is 0.104. The van der Waals surface area contributed by atoms with Crippen LogP contribution in [0.1, 0.15) is 48.4 Å². The summed E-state index contributed by atoms with van der Waals surface area (Å²) in [6.45, 7) is 6.73. The molecule has 7 aromatic rings. The number of fused-ring (bicyclic) bond motifs is 1. The van der Waals surface area contributed by atoms with E-state index in [0.717, 1.165) is 15.5 Å². The van der Waals surface area contributed by atoms with Crippen LogP contribution in [0.4, 0.5) is 35.9 Å². The second kappa shape index (κ2) is 17.0. The van der Waals surface area contributed by atoms with Crippen LogP contribution in [0.3, 0.4) is 0 Å². The van der Waals surface area contributed by atoms with Crippen molar-refractivity contribution in [3.05, 3.63) is 147 Å². The monoisotopic (exact) mass is 773 g/mol. The molecular formula is C41H34F3N9O4. The van der Waals surface area contributed by atoms with Gasteiger partial charge < -0.3 is 10.6 Å². The standard InChI is InChI=1S/C22H19N5O2.C19H15F3N4O2/c1-3-27-22(29)21(25-18-13-24-11-15-7-4-5-9-17(15)18)19(14(2)28)20(26-27)16-8-6-10-23-12-16;1-3-26-19(28)18(24-12-7-13(20)16(22)14(21)8-12)15(10(2)27)17(25-26)11-5-4-6-23-9-11/h4-13,25H,3H2,1-2H3;4-9,24H,3H2,1-2H3. The Kier molecular flexibility index (Phi) is 11.7. The molecule has 5 heterocycles. The summed E-state index contributed by atoms with van der Waals surface area (Å²) in [5.74, 6) is -5.23. The normalized spacial score (nSPS) is 10.8. The summed E-state index contributed by atoms with van der Waals surface area (Å²) in [5, 5.41) is 16.2. The molecule has 2 N–H and O–H groups in total. The fraction of sp³-hybridized carbons (Fsp3) is 0.146. The molecule has 2 aromatic carbocycles. The van der Waals surface area contributed by atoms with Gasteiger partial charge in [0.05, 0.1) is 23.0 Å². The maximum absolute atomic E-state index is 13.6. The van der Waals surface area contributed by atoms with Gasteiger partial charge in [0, 0.05) is 83.8 Å². The molecule has 0 radical (unpaired) electrons. The minimum absolute atomic E-state index is 0.0622. The molecule has 0 saturated heterocycles. The van der Waals surface area contributed by atoms with Gasteiger partial charge in [0.25, 0.3) is 11.1 Å². The zero-order chi connectivity index (χ0) is 40.8. The van der Waals surface area contributed by atoms with Crippen LogP contribution in [0.2, 0.25) is 0 Å². The van der Waals surface area contributed by atoms with Gasteiger partial charge >= 0.3 is 0 Å². The lowest BCUT2D eigenvalue weighted by atomic mass is 10.0. The average molecular weight is 774 g/mol. The van der Waals surface area contributed by atoms with Crippen molar-refractivity contribution in [2.45, 2.75) is 40.8 Å². The lowest BCUT2D eigenvalue weighted by molar-refractivity contribution is 0.101. The minimum atomic E-state index is -1.63. The second-order valence-electron chi connectivity index (χ2n) is 12.4. The van der Waals surface area contributed by atoms with Crippen LogP contribution in [-0.2, 0) is 13.1 Å². The molecule has 7 rings (SSSR count). The highest BCUT2D eigenvalue weighted by Crippen LogP contribution is 2.31. The van der Waals surface area contributed by atoms with Gasteiger partial charge in [-0.1, -0.05) is 24.3 Å². The molecule has 0 fully saturated rings. The molecule has 0 atom stereocenters. The number of aromatic nitrogens is 7. The van der Waals surface area contributed by atoms with Gasteiger partial charge in [-0.05, 0) is 52.0 Å². The molecule has 5 aromatic heterocycles. The van der Waals surface area contributed by atoms with Gasteiger partial charge in [0.2, 0.25) is 0 Å². The van der Waals surface area contributed by atoms with Crippen LogP contribution < -0.4 is 21.8 Å². The fourth-order valence-electron chi connectivity index (χ4n) is 6.02. The zero-order valence-electron chi connectivity index (χ0n) is 31.0. The lowest BCUT2D eigenvalue weighted by Crippen LogP contribution is -2.28. The number of hydrogen-bond donors (Lipinski definition) is 2. The summed E-state index contributed by atoms with van der Waals surface area (Å²) in [6.07, 6.45) is 9.68. The van der Waals surface area contributed by atoms with Gasteiger partial charge in [0.15, 0.2) is 29.0 Å². The summed E-state index contributed by atoms with van der Waals surface area (Å²) in [4.78, 5) is 63.2. The Hall–Kier alpha value is -7.36. The van der Waals surface area contributed by atoms with Crippen LogP contribution in [0, 0.1) is 17.5 Å². The van der Waals surface area contributed by atoms with E-state index >= 15 is 0 Å². The third-order valence-corrected chi connectivity index (χ3v) is 8.67. The molecule has 0 aliphatic rings. The van der Waals surface area contributed by atoms with Gasteiger partial charge in [-0.3, -0.25) is 34.1 Å². The Morgan fingerprint density at radius 2 is 1.16 bits per heavy atom.